The molecule has 0 aromatic heterocycles. The van der Waals surface area contributed by atoms with Gasteiger partial charge in [0.1, 0.15) is 5.82 Å². The van der Waals surface area contributed by atoms with Gasteiger partial charge in [-0.05, 0) is 30.5 Å². The molecular formula is C17H23FN2O2. The van der Waals surface area contributed by atoms with E-state index in [1.807, 2.05) is 4.90 Å². The summed E-state index contributed by atoms with van der Waals surface area (Å²) < 4.78 is 13.2. The van der Waals surface area contributed by atoms with Crippen LogP contribution in [0.15, 0.2) is 24.3 Å². The molecule has 1 aliphatic rings. The molecule has 1 saturated heterocycles. The highest BCUT2D eigenvalue weighted by Gasteiger charge is 2.24. The van der Waals surface area contributed by atoms with E-state index in [2.05, 4.69) is 13.8 Å². The quantitative estimate of drug-likeness (QED) is 0.858. The maximum Gasteiger partial charge on any atom is 0.254 e. The van der Waals surface area contributed by atoms with Crippen LogP contribution in [0, 0.1) is 11.7 Å². The Labute approximate surface area is 130 Å². The van der Waals surface area contributed by atoms with Crippen molar-refractivity contribution in [2.45, 2.75) is 26.7 Å². The Morgan fingerprint density at radius 3 is 2.36 bits per heavy atom. The fraction of sp³-hybridized carbons (Fsp3) is 0.529. The van der Waals surface area contributed by atoms with Gasteiger partial charge in [-0.3, -0.25) is 9.59 Å². The van der Waals surface area contributed by atoms with E-state index in [9.17, 15) is 14.0 Å². The topological polar surface area (TPSA) is 40.6 Å². The number of piperazine rings is 1. The number of nitrogens with zero attached hydrogens (tertiary/aromatic N) is 2. The number of amides is 2. The number of benzene rings is 1. The molecule has 22 heavy (non-hydrogen) atoms. The van der Waals surface area contributed by atoms with E-state index in [0.29, 0.717) is 44.1 Å². The van der Waals surface area contributed by atoms with Gasteiger partial charge in [0, 0.05) is 38.2 Å². The van der Waals surface area contributed by atoms with Crippen molar-refractivity contribution >= 4 is 11.8 Å². The summed E-state index contributed by atoms with van der Waals surface area (Å²) in [5.74, 6) is 0.0912. The lowest BCUT2D eigenvalue weighted by Crippen LogP contribution is -2.50. The van der Waals surface area contributed by atoms with Crippen LogP contribution < -0.4 is 0 Å². The Hall–Kier alpha value is -1.91. The Morgan fingerprint density at radius 1 is 1.14 bits per heavy atom. The molecule has 0 spiro atoms. The van der Waals surface area contributed by atoms with E-state index in [1.165, 1.54) is 18.2 Å². The Balaban J connectivity index is 1.86. The first kappa shape index (κ1) is 16.5. The summed E-state index contributed by atoms with van der Waals surface area (Å²) in [6.07, 6.45) is 1.46. The summed E-state index contributed by atoms with van der Waals surface area (Å²) in [7, 11) is 0. The summed E-state index contributed by atoms with van der Waals surface area (Å²) >= 11 is 0. The van der Waals surface area contributed by atoms with E-state index in [1.54, 1.807) is 11.0 Å². The molecule has 0 atom stereocenters. The predicted octanol–water partition coefficient (Wildman–Crippen LogP) is 2.55. The average Bonchev–Trinajstić information content (AvgIpc) is 2.52. The minimum absolute atomic E-state index is 0.159. The van der Waals surface area contributed by atoms with E-state index >= 15 is 0 Å². The van der Waals surface area contributed by atoms with Crippen molar-refractivity contribution < 1.29 is 14.0 Å². The van der Waals surface area contributed by atoms with Crippen molar-refractivity contribution in [3.63, 3.8) is 0 Å². The lowest BCUT2D eigenvalue weighted by molar-refractivity contribution is -0.132. The molecule has 5 heteroatoms. The van der Waals surface area contributed by atoms with Crippen LogP contribution in [-0.2, 0) is 4.79 Å². The number of hydrogen-bond donors (Lipinski definition) is 0. The van der Waals surface area contributed by atoms with Crippen LogP contribution in [-0.4, -0.2) is 47.8 Å². The van der Waals surface area contributed by atoms with Crippen LogP contribution in [0.25, 0.3) is 0 Å². The summed E-state index contributed by atoms with van der Waals surface area (Å²) in [4.78, 5) is 27.9. The second-order valence-corrected chi connectivity index (χ2v) is 6.12. The molecule has 1 heterocycles. The average molecular weight is 306 g/mol. The van der Waals surface area contributed by atoms with Crippen LogP contribution in [0.4, 0.5) is 4.39 Å². The zero-order valence-electron chi connectivity index (χ0n) is 13.2. The number of halogens is 1. The summed E-state index contributed by atoms with van der Waals surface area (Å²) in [6.45, 7) is 6.31. The van der Waals surface area contributed by atoms with E-state index in [0.717, 1.165) is 6.42 Å². The molecule has 2 amide bonds. The Bertz CT molecular complexity index is 537. The summed E-state index contributed by atoms with van der Waals surface area (Å²) in [6, 6.07) is 5.73. The number of carbonyl (C=O) groups excluding carboxylic acids is 2. The maximum absolute atomic E-state index is 13.2. The molecule has 0 aliphatic carbocycles. The standard InChI is InChI=1S/C17H23FN2O2/c1-13(2)6-7-16(21)19-8-10-20(11-9-19)17(22)14-4-3-5-15(18)12-14/h3-5,12-13H,6-11H2,1-2H3. The normalized spacial score (nSPS) is 15.3. The van der Waals surface area contributed by atoms with Gasteiger partial charge in [-0.25, -0.2) is 4.39 Å². The van der Waals surface area contributed by atoms with Gasteiger partial charge in [-0.2, -0.15) is 0 Å². The van der Waals surface area contributed by atoms with Crippen LogP contribution in [0.3, 0.4) is 0 Å². The highest BCUT2D eigenvalue weighted by Crippen LogP contribution is 2.12. The third-order valence-corrected chi connectivity index (χ3v) is 3.93. The lowest BCUT2D eigenvalue weighted by atomic mass is 10.1. The molecule has 1 aromatic rings. The minimum Gasteiger partial charge on any atom is -0.339 e. The van der Waals surface area contributed by atoms with Crippen molar-refractivity contribution in [2.75, 3.05) is 26.2 Å². The highest BCUT2D eigenvalue weighted by atomic mass is 19.1. The third-order valence-electron chi connectivity index (χ3n) is 3.93. The first-order valence-electron chi connectivity index (χ1n) is 7.80. The van der Waals surface area contributed by atoms with Crippen molar-refractivity contribution in [3.8, 4) is 0 Å². The fourth-order valence-electron chi connectivity index (χ4n) is 2.53. The molecule has 2 rings (SSSR count). The van der Waals surface area contributed by atoms with Gasteiger partial charge in [-0.15, -0.1) is 0 Å². The highest BCUT2D eigenvalue weighted by molar-refractivity contribution is 5.94. The maximum atomic E-state index is 13.2. The van der Waals surface area contributed by atoms with Crippen LogP contribution >= 0.6 is 0 Å². The van der Waals surface area contributed by atoms with Gasteiger partial charge in [0.15, 0.2) is 0 Å². The second-order valence-electron chi connectivity index (χ2n) is 6.12. The van der Waals surface area contributed by atoms with E-state index in [4.69, 9.17) is 0 Å². The van der Waals surface area contributed by atoms with Crippen molar-refractivity contribution in [1.82, 2.24) is 9.80 Å². The van der Waals surface area contributed by atoms with Gasteiger partial charge < -0.3 is 9.80 Å². The predicted molar refractivity (Wildman–Crippen MR) is 83.0 cm³/mol. The molecule has 0 saturated carbocycles. The first-order chi connectivity index (χ1) is 10.5. The largest absolute Gasteiger partial charge is 0.339 e. The molecule has 0 bridgehead atoms. The first-order valence-corrected chi connectivity index (χ1v) is 7.80. The van der Waals surface area contributed by atoms with Crippen LogP contribution in [0.1, 0.15) is 37.0 Å². The van der Waals surface area contributed by atoms with Crippen molar-refractivity contribution in [1.29, 1.82) is 0 Å². The van der Waals surface area contributed by atoms with Gasteiger partial charge in [0.05, 0.1) is 0 Å². The summed E-state index contributed by atoms with van der Waals surface area (Å²) in [5.41, 5.74) is 0.361. The molecule has 0 unspecified atom stereocenters. The number of hydrogen-bond acceptors (Lipinski definition) is 2. The van der Waals surface area contributed by atoms with Crippen molar-refractivity contribution in [3.05, 3.63) is 35.6 Å². The monoisotopic (exact) mass is 306 g/mol. The fourth-order valence-corrected chi connectivity index (χ4v) is 2.53. The minimum atomic E-state index is -0.409. The Kier molecular flexibility index (Phi) is 5.52. The van der Waals surface area contributed by atoms with Crippen LogP contribution in [0.2, 0.25) is 0 Å². The van der Waals surface area contributed by atoms with Gasteiger partial charge >= 0.3 is 0 Å². The molecule has 1 aromatic carbocycles. The number of rotatable bonds is 4. The molecule has 4 nitrogen and oxygen atoms in total. The van der Waals surface area contributed by atoms with E-state index in [-0.39, 0.29) is 11.8 Å². The SMILES string of the molecule is CC(C)CCC(=O)N1CCN(C(=O)c2cccc(F)c2)CC1. The molecular weight excluding hydrogens is 283 g/mol. The summed E-state index contributed by atoms with van der Waals surface area (Å²) in [5, 5.41) is 0. The molecule has 1 aliphatic heterocycles. The molecule has 0 radical (unpaired) electrons. The van der Waals surface area contributed by atoms with Gasteiger partial charge in [0.25, 0.3) is 5.91 Å². The van der Waals surface area contributed by atoms with Gasteiger partial charge in [0.2, 0.25) is 5.91 Å². The zero-order valence-corrected chi connectivity index (χ0v) is 13.2. The van der Waals surface area contributed by atoms with Crippen LogP contribution in [0.5, 0.6) is 0 Å². The number of carbonyl (C=O) groups is 2. The van der Waals surface area contributed by atoms with Crippen molar-refractivity contribution in [2.24, 2.45) is 5.92 Å². The smallest absolute Gasteiger partial charge is 0.254 e. The molecule has 0 N–H and O–H groups in total. The Morgan fingerprint density at radius 2 is 1.77 bits per heavy atom. The molecule has 120 valence electrons. The molecule has 1 fully saturated rings. The second kappa shape index (κ2) is 7.38. The zero-order chi connectivity index (χ0) is 16.1. The van der Waals surface area contributed by atoms with E-state index < -0.39 is 5.82 Å². The third kappa shape index (κ3) is 4.29. The van der Waals surface area contributed by atoms with Gasteiger partial charge in [-0.1, -0.05) is 19.9 Å². The lowest BCUT2D eigenvalue weighted by Gasteiger charge is -2.35.